The maximum atomic E-state index is 10.5. The molecule has 5 aliphatic rings. The number of hydrogen-bond donors (Lipinski definition) is 1. The minimum Gasteiger partial charge on any atom is -0.542 e. The summed E-state index contributed by atoms with van der Waals surface area (Å²) < 4.78 is 41.4. The standard InChI is InChI=1S/C38H38N3O.C2HF3O2/c39-23-24-9-11-25(12-10-24)26-13-15-27(16-14-26)34-32-21-28-5-1-17-40-19-3-7-30(35(28)40)37(32)42-38-31-8-4-20-41-18-2-6-29(36(31)41)22-33(34)38;3-2(4,5)1(6)7/h9-16,21-22H,1-8,17-20,23,39H2;(H,6,7)/q+1;/p-1. The molecule has 49 heavy (non-hydrogen) atoms. The topological polar surface area (TPSA) is 81.6 Å². The summed E-state index contributed by atoms with van der Waals surface area (Å²) in [5.74, 6) is -0.741. The molecule has 0 amide bonds. The minimum absolute atomic E-state index is 0.575. The summed E-state index contributed by atoms with van der Waals surface area (Å²) in [5.41, 5.74) is 20.8. The Hall–Kier alpha value is -4.63. The molecular weight excluding hydrogens is 627 g/mol. The van der Waals surface area contributed by atoms with Crippen LogP contribution in [0.15, 0.2) is 60.7 Å². The van der Waals surface area contributed by atoms with E-state index in [2.05, 4.69) is 70.1 Å². The van der Waals surface area contributed by atoms with Gasteiger partial charge in [-0.3, -0.25) is 0 Å². The molecule has 252 valence electrons. The first kappa shape index (κ1) is 31.6. The van der Waals surface area contributed by atoms with Gasteiger partial charge < -0.3 is 25.3 Å². The van der Waals surface area contributed by atoms with Gasteiger partial charge in [0.2, 0.25) is 5.36 Å². The highest BCUT2D eigenvalue weighted by molar-refractivity contribution is 5.90. The molecule has 5 heterocycles. The number of hydrogen-bond acceptors (Lipinski definition) is 5. The Bertz CT molecular complexity index is 2100. The molecule has 9 rings (SSSR count). The fourth-order valence-electron chi connectivity index (χ4n) is 8.49. The lowest BCUT2D eigenvalue weighted by molar-refractivity contribution is -0.344. The van der Waals surface area contributed by atoms with Gasteiger partial charge in [-0.05, 0) is 78.5 Å². The fraction of sp³-hybridized carbons (Fsp3) is 0.350. The molecule has 2 N–H and O–H groups in total. The van der Waals surface area contributed by atoms with E-state index in [1.54, 1.807) is 0 Å². The van der Waals surface area contributed by atoms with Crippen molar-refractivity contribution in [2.45, 2.75) is 64.1 Å². The number of carboxylic acid groups (broad SMARTS) is 1. The van der Waals surface area contributed by atoms with Crippen LogP contribution in [0.2, 0.25) is 0 Å². The number of fused-ring (bicyclic) bond motifs is 4. The zero-order valence-corrected chi connectivity index (χ0v) is 27.3. The third-order valence-electron chi connectivity index (χ3n) is 10.6. The average Bonchev–Trinajstić information content (AvgIpc) is 3.11. The molecule has 4 aromatic rings. The number of aliphatic carboxylic acids is 1. The first-order valence-electron chi connectivity index (χ1n) is 17.3. The molecule has 0 aliphatic carbocycles. The summed E-state index contributed by atoms with van der Waals surface area (Å²) in [7, 11) is 0. The number of carboxylic acids is 1. The van der Waals surface area contributed by atoms with Crippen molar-refractivity contribution in [3.63, 3.8) is 0 Å². The van der Waals surface area contributed by atoms with Crippen LogP contribution in [0, 0.1) is 0 Å². The van der Waals surface area contributed by atoms with Gasteiger partial charge in [0, 0.05) is 65.6 Å². The van der Waals surface area contributed by atoms with Crippen LogP contribution < -0.4 is 35.6 Å². The van der Waals surface area contributed by atoms with E-state index in [9.17, 15) is 13.2 Å². The third kappa shape index (κ3) is 5.58. The number of nitrogens with two attached hydrogens (primary N) is 1. The van der Waals surface area contributed by atoms with Crippen molar-refractivity contribution in [2.24, 2.45) is 5.73 Å². The van der Waals surface area contributed by atoms with Crippen molar-refractivity contribution in [3.05, 3.63) is 110 Å². The Morgan fingerprint density at radius 2 is 1.39 bits per heavy atom. The Labute approximate surface area is 282 Å². The first-order chi connectivity index (χ1) is 23.7. The zero-order valence-electron chi connectivity index (χ0n) is 27.3. The lowest BCUT2D eigenvalue weighted by Gasteiger charge is -2.39. The van der Waals surface area contributed by atoms with E-state index in [1.807, 2.05) is 0 Å². The van der Waals surface area contributed by atoms with Gasteiger partial charge in [0.15, 0.2) is 0 Å². The van der Waals surface area contributed by atoms with Crippen molar-refractivity contribution in [2.75, 3.05) is 31.1 Å². The highest BCUT2D eigenvalue weighted by atomic mass is 19.4. The van der Waals surface area contributed by atoms with Gasteiger partial charge in [-0.25, -0.2) is 4.58 Å². The Kier molecular flexibility index (Phi) is 7.98. The molecule has 0 aromatic heterocycles. The van der Waals surface area contributed by atoms with E-state index < -0.39 is 12.1 Å². The zero-order chi connectivity index (χ0) is 33.9. The van der Waals surface area contributed by atoms with Gasteiger partial charge in [0.25, 0.3) is 0 Å². The smallest absolute Gasteiger partial charge is 0.430 e. The van der Waals surface area contributed by atoms with E-state index in [1.165, 1.54) is 118 Å². The van der Waals surface area contributed by atoms with Crippen LogP contribution in [0.1, 0.15) is 64.6 Å². The van der Waals surface area contributed by atoms with Crippen LogP contribution in [-0.2, 0) is 37.0 Å². The molecular formula is C40H38F3N3O3. The van der Waals surface area contributed by atoms with Crippen molar-refractivity contribution in [1.82, 2.24) is 4.58 Å². The maximum absolute atomic E-state index is 10.5. The van der Waals surface area contributed by atoms with Crippen molar-refractivity contribution < 1.29 is 27.8 Å². The Balaban J connectivity index is 0.000000453. The second-order valence-electron chi connectivity index (χ2n) is 13.6. The summed E-state index contributed by atoms with van der Waals surface area (Å²) in [6.45, 7) is 5.27. The van der Waals surface area contributed by atoms with Crippen molar-refractivity contribution in [1.29, 1.82) is 0 Å². The molecule has 0 unspecified atom stereocenters. The number of anilines is 1. The highest BCUT2D eigenvalue weighted by Gasteiger charge is 2.35. The first-order valence-corrected chi connectivity index (χ1v) is 17.3. The van der Waals surface area contributed by atoms with E-state index in [4.69, 9.17) is 20.4 Å². The van der Waals surface area contributed by atoms with Crippen LogP contribution in [0.4, 0.5) is 18.9 Å². The number of nitrogens with zero attached hydrogens (tertiary/aromatic N) is 2. The minimum atomic E-state index is -5.19. The molecule has 0 saturated heterocycles. The molecule has 6 nitrogen and oxygen atoms in total. The van der Waals surface area contributed by atoms with E-state index in [-0.39, 0.29) is 0 Å². The van der Waals surface area contributed by atoms with Gasteiger partial charge in [-0.2, -0.15) is 13.2 Å². The SMILES string of the molecule is NCc1ccc(-c2ccc(C3=c4cc5c6c(c4Oc4c3cc3c7c4CCCN7CCC3)CCC[N+]=6CCC5)cc2)cc1.O=C([O-])C(F)(F)F. The van der Waals surface area contributed by atoms with E-state index in [0.717, 1.165) is 42.7 Å². The second-order valence-corrected chi connectivity index (χ2v) is 13.6. The largest absolute Gasteiger partial charge is 0.542 e. The number of carbonyl (C=O) groups excluding carboxylic acids is 1. The highest BCUT2D eigenvalue weighted by Crippen LogP contribution is 2.48. The van der Waals surface area contributed by atoms with Gasteiger partial charge in [0.1, 0.15) is 30.6 Å². The summed E-state index contributed by atoms with van der Waals surface area (Å²) >= 11 is 0. The van der Waals surface area contributed by atoms with Gasteiger partial charge in [0.05, 0.1) is 5.56 Å². The van der Waals surface area contributed by atoms with Crippen LogP contribution in [-0.4, -0.2) is 38.3 Å². The van der Waals surface area contributed by atoms with Crippen molar-refractivity contribution >= 4 is 17.2 Å². The summed E-state index contributed by atoms with van der Waals surface area (Å²) in [6.07, 6.45) is 4.23. The summed E-state index contributed by atoms with van der Waals surface area (Å²) in [5, 5.41) is 11.6. The molecule has 0 fully saturated rings. The number of alkyl halides is 3. The number of rotatable bonds is 3. The quantitative estimate of drug-likeness (QED) is 0.286. The van der Waals surface area contributed by atoms with Crippen molar-refractivity contribution in [3.8, 4) is 22.6 Å². The normalized spacial score (nSPS) is 17.1. The van der Waals surface area contributed by atoms with Crippen LogP contribution in [0.5, 0.6) is 11.5 Å². The lowest BCUT2D eigenvalue weighted by Crippen LogP contribution is -2.45. The number of carbonyl (C=O) groups is 1. The monoisotopic (exact) mass is 665 g/mol. The Morgan fingerprint density at radius 3 is 2.06 bits per heavy atom. The fourth-order valence-corrected chi connectivity index (χ4v) is 8.49. The molecule has 5 aliphatic heterocycles. The van der Waals surface area contributed by atoms with Crippen LogP contribution in [0.25, 0.3) is 16.7 Å². The van der Waals surface area contributed by atoms with Gasteiger partial charge in [-0.15, -0.1) is 0 Å². The van der Waals surface area contributed by atoms with E-state index >= 15 is 0 Å². The molecule has 0 bridgehead atoms. The summed E-state index contributed by atoms with van der Waals surface area (Å²) in [6, 6.07) is 22.9. The van der Waals surface area contributed by atoms with Crippen LogP contribution >= 0.6 is 0 Å². The molecule has 9 heteroatoms. The number of benzene rings is 4. The second kappa shape index (κ2) is 12.4. The average molecular weight is 666 g/mol. The molecule has 4 aromatic carbocycles. The number of aryl methyl sites for hydroxylation is 2. The summed E-state index contributed by atoms with van der Waals surface area (Å²) in [4.78, 5) is 11.4. The van der Waals surface area contributed by atoms with E-state index in [0.29, 0.717) is 6.54 Å². The van der Waals surface area contributed by atoms with Gasteiger partial charge >= 0.3 is 6.18 Å². The molecule has 0 saturated carbocycles. The number of ether oxygens (including phenoxy) is 1. The van der Waals surface area contributed by atoms with Gasteiger partial charge in [-0.1, -0.05) is 48.5 Å². The van der Waals surface area contributed by atoms with Crippen LogP contribution in [0.3, 0.4) is 0 Å². The molecule has 0 radical (unpaired) electrons. The Morgan fingerprint density at radius 1 is 0.796 bits per heavy atom. The predicted octanol–water partition coefficient (Wildman–Crippen LogP) is 4.55. The predicted molar refractivity (Wildman–Crippen MR) is 181 cm³/mol. The molecule has 0 atom stereocenters. The lowest BCUT2D eigenvalue weighted by atomic mass is 9.82. The maximum Gasteiger partial charge on any atom is 0.430 e. The molecule has 0 spiro atoms. The third-order valence-corrected chi connectivity index (χ3v) is 10.6. The number of halogens is 3.